The number of para-hydroxylation sites is 1. The van der Waals surface area contributed by atoms with Crippen molar-refractivity contribution in [3.63, 3.8) is 0 Å². The SMILES string of the molecule is O=C(N[C@H]1CCOc2ccccc21)c1cc(Cl)cc(Cl)c1. The van der Waals surface area contributed by atoms with Gasteiger partial charge in [0, 0.05) is 27.6 Å². The molecule has 1 aliphatic heterocycles. The lowest BCUT2D eigenvalue weighted by Gasteiger charge is -2.26. The number of amides is 1. The van der Waals surface area contributed by atoms with Gasteiger partial charge in [0.1, 0.15) is 5.75 Å². The van der Waals surface area contributed by atoms with E-state index in [1.807, 2.05) is 24.3 Å². The average Bonchev–Trinajstić information content (AvgIpc) is 2.46. The van der Waals surface area contributed by atoms with Gasteiger partial charge in [-0.1, -0.05) is 41.4 Å². The number of ether oxygens (including phenoxy) is 1. The number of carbonyl (C=O) groups excluding carboxylic acids is 1. The molecule has 1 aliphatic rings. The van der Waals surface area contributed by atoms with E-state index in [1.165, 1.54) is 0 Å². The van der Waals surface area contributed by atoms with Gasteiger partial charge in [0.2, 0.25) is 0 Å². The highest BCUT2D eigenvalue weighted by molar-refractivity contribution is 6.35. The van der Waals surface area contributed by atoms with Crippen LogP contribution in [-0.4, -0.2) is 12.5 Å². The molecule has 2 aromatic rings. The van der Waals surface area contributed by atoms with Crippen LogP contribution in [0.3, 0.4) is 0 Å². The molecule has 0 fully saturated rings. The van der Waals surface area contributed by atoms with E-state index < -0.39 is 0 Å². The summed E-state index contributed by atoms with van der Waals surface area (Å²) >= 11 is 11.9. The van der Waals surface area contributed by atoms with Gasteiger partial charge in [-0.2, -0.15) is 0 Å². The zero-order valence-electron chi connectivity index (χ0n) is 11.1. The van der Waals surface area contributed by atoms with Gasteiger partial charge < -0.3 is 10.1 Å². The molecule has 1 atom stereocenters. The van der Waals surface area contributed by atoms with Crippen molar-refractivity contribution in [3.8, 4) is 5.75 Å². The maximum absolute atomic E-state index is 12.4. The maximum Gasteiger partial charge on any atom is 0.251 e. The minimum absolute atomic E-state index is 0.0693. The summed E-state index contributed by atoms with van der Waals surface area (Å²) in [4.78, 5) is 12.4. The van der Waals surface area contributed by atoms with Crippen LogP contribution in [0.4, 0.5) is 0 Å². The van der Waals surface area contributed by atoms with Gasteiger partial charge in [0.25, 0.3) is 5.91 Å². The third-order valence-electron chi connectivity index (χ3n) is 3.39. The van der Waals surface area contributed by atoms with Gasteiger partial charge >= 0.3 is 0 Å². The Balaban J connectivity index is 1.82. The van der Waals surface area contributed by atoms with Crippen LogP contribution in [0.5, 0.6) is 5.75 Å². The summed E-state index contributed by atoms with van der Waals surface area (Å²) in [6, 6.07) is 12.5. The molecule has 0 aromatic heterocycles. The summed E-state index contributed by atoms with van der Waals surface area (Å²) in [5, 5.41) is 3.90. The number of hydrogen-bond acceptors (Lipinski definition) is 2. The normalized spacial score (nSPS) is 16.8. The molecule has 0 saturated carbocycles. The number of carbonyl (C=O) groups is 1. The first-order chi connectivity index (χ1) is 10.1. The summed E-state index contributed by atoms with van der Waals surface area (Å²) in [7, 11) is 0. The van der Waals surface area contributed by atoms with Gasteiger partial charge in [-0.3, -0.25) is 4.79 Å². The zero-order valence-corrected chi connectivity index (χ0v) is 12.6. The first kappa shape index (κ1) is 14.2. The molecule has 0 saturated heterocycles. The van der Waals surface area contributed by atoms with E-state index in [-0.39, 0.29) is 11.9 Å². The van der Waals surface area contributed by atoms with Crippen LogP contribution in [0, 0.1) is 0 Å². The highest BCUT2D eigenvalue weighted by Crippen LogP contribution is 2.31. The molecule has 108 valence electrons. The van der Waals surface area contributed by atoms with Gasteiger partial charge in [-0.15, -0.1) is 0 Å². The molecule has 1 heterocycles. The van der Waals surface area contributed by atoms with Crippen molar-refractivity contribution >= 4 is 29.1 Å². The molecule has 21 heavy (non-hydrogen) atoms. The van der Waals surface area contributed by atoms with Crippen molar-refractivity contribution in [1.29, 1.82) is 0 Å². The molecule has 3 nitrogen and oxygen atoms in total. The van der Waals surface area contributed by atoms with Crippen LogP contribution >= 0.6 is 23.2 Å². The van der Waals surface area contributed by atoms with Crippen molar-refractivity contribution in [2.45, 2.75) is 12.5 Å². The second kappa shape index (κ2) is 5.96. The Hall–Kier alpha value is -1.71. The standard InChI is InChI=1S/C16H13Cl2NO2/c17-11-7-10(8-12(18)9-11)16(20)19-14-5-6-21-15-4-2-1-3-13(14)15/h1-4,7-9,14H,5-6H2,(H,19,20)/t14-/m0/s1. The lowest BCUT2D eigenvalue weighted by atomic mass is 10.00. The van der Waals surface area contributed by atoms with Crippen molar-refractivity contribution < 1.29 is 9.53 Å². The first-order valence-corrected chi connectivity index (χ1v) is 7.38. The summed E-state index contributed by atoms with van der Waals surface area (Å²) in [5.74, 6) is 0.624. The highest BCUT2D eigenvalue weighted by Gasteiger charge is 2.23. The van der Waals surface area contributed by atoms with Gasteiger partial charge in [-0.25, -0.2) is 0 Å². The molecule has 2 aromatic carbocycles. The van der Waals surface area contributed by atoms with Crippen LogP contribution in [0.15, 0.2) is 42.5 Å². The van der Waals surface area contributed by atoms with Gasteiger partial charge in [0.15, 0.2) is 0 Å². The van der Waals surface area contributed by atoms with Crippen LogP contribution in [0.2, 0.25) is 10.0 Å². The monoisotopic (exact) mass is 321 g/mol. The number of halogens is 2. The first-order valence-electron chi connectivity index (χ1n) is 6.62. The smallest absolute Gasteiger partial charge is 0.251 e. The van der Waals surface area contributed by atoms with Crippen molar-refractivity contribution in [3.05, 3.63) is 63.6 Å². The minimum atomic E-state index is -0.193. The quantitative estimate of drug-likeness (QED) is 0.898. The molecule has 0 bridgehead atoms. The van der Waals surface area contributed by atoms with Crippen molar-refractivity contribution in [2.24, 2.45) is 0 Å². The van der Waals surface area contributed by atoms with E-state index in [9.17, 15) is 4.79 Å². The highest BCUT2D eigenvalue weighted by atomic mass is 35.5. The second-order valence-electron chi connectivity index (χ2n) is 4.86. The Morgan fingerprint density at radius 2 is 1.86 bits per heavy atom. The predicted octanol–water partition coefficient (Wildman–Crippen LogP) is 4.25. The third kappa shape index (κ3) is 3.14. The van der Waals surface area contributed by atoms with E-state index in [1.54, 1.807) is 18.2 Å². The molecule has 1 amide bonds. The van der Waals surface area contributed by atoms with E-state index >= 15 is 0 Å². The topological polar surface area (TPSA) is 38.3 Å². The summed E-state index contributed by atoms with van der Waals surface area (Å²) in [6.07, 6.45) is 0.733. The van der Waals surface area contributed by atoms with E-state index in [0.29, 0.717) is 22.2 Å². The van der Waals surface area contributed by atoms with E-state index in [0.717, 1.165) is 17.7 Å². The molecule has 0 spiro atoms. The van der Waals surface area contributed by atoms with Crippen LogP contribution < -0.4 is 10.1 Å². The molecule has 0 aliphatic carbocycles. The Labute approximate surface area is 132 Å². The maximum atomic E-state index is 12.4. The predicted molar refractivity (Wildman–Crippen MR) is 83.2 cm³/mol. The Bertz CT molecular complexity index is 667. The molecule has 5 heteroatoms. The lowest BCUT2D eigenvalue weighted by molar-refractivity contribution is 0.0925. The number of fused-ring (bicyclic) bond motifs is 1. The number of benzene rings is 2. The molecule has 0 unspecified atom stereocenters. The molecule has 3 rings (SSSR count). The molecular formula is C16H13Cl2NO2. The van der Waals surface area contributed by atoms with Gasteiger partial charge in [-0.05, 0) is 24.3 Å². The van der Waals surface area contributed by atoms with Crippen LogP contribution in [0.1, 0.15) is 28.4 Å². The number of nitrogens with one attached hydrogen (secondary N) is 1. The van der Waals surface area contributed by atoms with Crippen molar-refractivity contribution in [2.75, 3.05) is 6.61 Å². The Morgan fingerprint density at radius 1 is 1.14 bits per heavy atom. The van der Waals surface area contributed by atoms with E-state index in [2.05, 4.69) is 5.32 Å². The fourth-order valence-electron chi connectivity index (χ4n) is 2.42. The summed E-state index contributed by atoms with van der Waals surface area (Å²) in [6.45, 7) is 0.582. The Kier molecular flexibility index (Phi) is 4.04. The van der Waals surface area contributed by atoms with Gasteiger partial charge in [0.05, 0.1) is 12.6 Å². The van der Waals surface area contributed by atoms with Crippen LogP contribution in [-0.2, 0) is 0 Å². The fourth-order valence-corrected chi connectivity index (χ4v) is 2.94. The minimum Gasteiger partial charge on any atom is -0.493 e. The molecule has 0 radical (unpaired) electrons. The summed E-state index contributed by atoms with van der Waals surface area (Å²) in [5.41, 5.74) is 1.45. The second-order valence-corrected chi connectivity index (χ2v) is 5.73. The summed E-state index contributed by atoms with van der Waals surface area (Å²) < 4.78 is 5.59. The molecular weight excluding hydrogens is 309 g/mol. The molecule has 1 N–H and O–H groups in total. The van der Waals surface area contributed by atoms with Crippen LogP contribution in [0.25, 0.3) is 0 Å². The fraction of sp³-hybridized carbons (Fsp3) is 0.188. The average molecular weight is 322 g/mol. The number of hydrogen-bond donors (Lipinski definition) is 1. The Morgan fingerprint density at radius 3 is 2.62 bits per heavy atom. The zero-order chi connectivity index (χ0) is 14.8. The third-order valence-corrected chi connectivity index (χ3v) is 3.83. The lowest BCUT2D eigenvalue weighted by Crippen LogP contribution is -2.32. The number of rotatable bonds is 2. The largest absolute Gasteiger partial charge is 0.493 e. The van der Waals surface area contributed by atoms with Crippen molar-refractivity contribution in [1.82, 2.24) is 5.32 Å². The van der Waals surface area contributed by atoms with E-state index in [4.69, 9.17) is 27.9 Å².